The Balaban J connectivity index is 2.96. The average molecular weight is 245 g/mol. The molecule has 0 amide bonds. The minimum absolute atomic E-state index is 1.12. The molecular formula is C9H13BrOSi. The van der Waals surface area contributed by atoms with E-state index < -0.39 is 8.32 Å². The molecule has 0 saturated heterocycles. The Hall–Kier alpha value is -0.123. The Morgan fingerprint density at radius 1 is 1.17 bits per heavy atom. The molecule has 0 aliphatic carbocycles. The lowest BCUT2D eigenvalue weighted by atomic mass is 10.4. The predicted octanol–water partition coefficient (Wildman–Crippen LogP) is 2.51. The van der Waals surface area contributed by atoms with Gasteiger partial charge >= 0.3 is 0 Å². The molecule has 1 aromatic rings. The standard InChI is InChI=1S/C9H13BrOSi/c1-11-12(2,3)9-6-4-8(10)5-7-9/h4-7H,1-3H3. The highest BCUT2D eigenvalue weighted by Crippen LogP contribution is 2.09. The van der Waals surface area contributed by atoms with E-state index in [9.17, 15) is 0 Å². The van der Waals surface area contributed by atoms with E-state index in [1.54, 1.807) is 7.11 Å². The average Bonchev–Trinajstić information content (AvgIpc) is 2.05. The van der Waals surface area contributed by atoms with Gasteiger partial charge in [-0.05, 0) is 30.4 Å². The van der Waals surface area contributed by atoms with Crippen LogP contribution in [0.3, 0.4) is 0 Å². The molecule has 0 spiro atoms. The number of hydrogen-bond acceptors (Lipinski definition) is 1. The summed E-state index contributed by atoms with van der Waals surface area (Å²) in [5, 5.41) is 1.33. The molecule has 1 rings (SSSR count). The summed E-state index contributed by atoms with van der Waals surface area (Å²) < 4.78 is 6.60. The van der Waals surface area contributed by atoms with Gasteiger partial charge in [-0.1, -0.05) is 28.1 Å². The number of halogens is 1. The van der Waals surface area contributed by atoms with Gasteiger partial charge in [0.25, 0.3) is 0 Å². The van der Waals surface area contributed by atoms with E-state index in [0.29, 0.717) is 0 Å². The molecule has 0 N–H and O–H groups in total. The summed E-state index contributed by atoms with van der Waals surface area (Å²) in [5.74, 6) is 0. The second-order valence-corrected chi connectivity index (χ2v) is 8.14. The maximum absolute atomic E-state index is 5.49. The zero-order chi connectivity index (χ0) is 9.19. The molecule has 12 heavy (non-hydrogen) atoms. The van der Waals surface area contributed by atoms with E-state index in [2.05, 4.69) is 53.3 Å². The molecule has 0 unspecified atom stereocenters. The van der Waals surface area contributed by atoms with E-state index in [1.165, 1.54) is 5.19 Å². The second-order valence-electron chi connectivity index (χ2n) is 3.22. The van der Waals surface area contributed by atoms with E-state index in [4.69, 9.17) is 4.43 Å². The molecule has 0 heterocycles. The highest BCUT2D eigenvalue weighted by molar-refractivity contribution is 9.10. The van der Waals surface area contributed by atoms with Crippen LogP contribution < -0.4 is 5.19 Å². The molecule has 66 valence electrons. The smallest absolute Gasteiger partial charge is 0.217 e. The van der Waals surface area contributed by atoms with Gasteiger partial charge in [-0.15, -0.1) is 0 Å². The van der Waals surface area contributed by atoms with E-state index in [-0.39, 0.29) is 0 Å². The fourth-order valence-corrected chi connectivity index (χ4v) is 2.44. The number of rotatable bonds is 2. The van der Waals surface area contributed by atoms with Crippen molar-refractivity contribution in [1.82, 2.24) is 0 Å². The summed E-state index contributed by atoms with van der Waals surface area (Å²) in [6, 6.07) is 8.37. The first kappa shape index (κ1) is 9.96. The SMILES string of the molecule is CO[Si](C)(C)c1ccc(Br)cc1. The zero-order valence-electron chi connectivity index (χ0n) is 7.60. The Kier molecular flexibility index (Phi) is 3.09. The normalized spacial score (nSPS) is 11.7. The molecule has 0 radical (unpaired) electrons. The third-order valence-corrected chi connectivity index (χ3v) is 5.32. The van der Waals surface area contributed by atoms with Gasteiger partial charge in [-0.3, -0.25) is 0 Å². The van der Waals surface area contributed by atoms with Crippen molar-refractivity contribution in [3.05, 3.63) is 28.7 Å². The van der Waals surface area contributed by atoms with Gasteiger partial charge in [0.15, 0.2) is 0 Å². The molecule has 0 atom stereocenters. The van der Waals surface area contributed by atoms with Crippen LogP contribution in [0.4, 0.5) is 0 Å². The monoisotopic (exact) mass is 244 g/mol. The third-order valence-electron chi connectivity index (χ3n) is 2.05. The Bertz CT molecular complexity index is 256. The lowest BCUT2D eigenvalue weighted by molar-refractivity contribution is 0.416. The van der Waals surface area contributed by atoms with Crippen molar-refractivity contribution in [2.24, 2.45) is 0 Å². The highest BCUT2D eigenvalue weighted by Gasteiger charge is 2.22. The first-order valence-corrected chi connectivity index (χ1v) is 7.57. The summed E-state index contributed by atoms with van der Waals surface area (Å²) in [6.07, 6.45) is 0. The van der Waals surface area contributed by atoms with Crippen LogP contribution in [0.15, 0.2) is 28.7 Å². The zero-order valence-corrected chi connectivity index (χ0v) is 10.2. The Morgan fingerprint density at radius 2 is 1.67 bits per heavy atom. The van der Waals surface area contributed by atoms with E-state index in [1.807, 2.05) is 0 Å². The molecule has 0 aromatic heterocycles. The lowest BCUT2D eigenvalue weighted by Crippen LogP contribution is -2.43. The topological polar surface area (TPSA) is 9.23 Å². The summed E-state index contributed by atoms with van der Waals surface area (Å²) in [4.78, 5) is 0. The minimum atomic E-state index is -1.60. The first-order valence-electron chi connectivity index (χ1n) is 3.87. The molecule has 1 nitrogen and oxygen atoms in total. The summed E-state index contributed by atoms with van der Waals surface area (Å²) in [7, 11) is 0.189. The number of benzene rings is 1. The Morgan fingerprint density at radius 3 is 2.08 bits per heavy atom. The van der Waals surface area contributed by atoms with Crippen LogP contribution in [0.2, 0.25) is 13.1 Å². The molecule has 0 bridgehead atoms. The third kappa shape index (κ3) is 2.18. The minimum Gasteiger partial charge on any atom is -0.416 e. The Labute approximate surface area is 83.0 Å². The maximum Gasteiger partial charge on any atom is 0.217 e. The first-order chi connectivity index (χ1) is 5.56. The van der Waals surface area contributed by atoms with Crippen LogP contribution in [0.1, 0.15) is 0 Å². The molecule has 1 aromatic carbocycles. The van der Waals surface area contributed by atoms with Crippen LogP contribution in [0, 0.1) is 0 Å². The molecule has 0 fully saturated rings. The van der Waals surface area contributed by atoms with Gasteiger partial charge < -0.3 is 4.43 Å². The van der Waals surface area contributed by atoms with Gasteiger partial charge in [0, 0.05) is 11.6 Å². The van der Waals surface area contributed by atoms with Crippen molar-refractivity contribution in [2.75, 3.05) is 7.11 Å². The molecule has 0 aliphatic rings. The van der Waals surface area contributed by atoms with Gasteiger partial charge in [0.1, 0.15) is 0 Å². The maximum atomic E-state index is 5.49. The van der Waals surface area contributed by atoms with Crippen LogP contribution in [-0.2, 0) is 4.43 Å². The summed E-state index contributed by atoms with van der Waals surface area (Å²) in [5.41, 5.74) is 0. The van der Waals surface area contributed by atoms with Crippen molar-refractivity contribution < 1.29 is 4.43 Å². The molecular weight excluding hydrogens is 232 g/mol. The van der Waals surface area contributed by atoms with Crippen molar-refractivity contribution in [1.29, 1.82) is 0 Å². The lowest BCUT2D eigenvalue weighted by Gasteiger charge is -2.20. The largest absolute Gasteiger partial charge is 0.416 e. The van der Waals surface area contributed by atoms with Crippen LogP contribution in [-0.4, -0.2) is 15.4 Å². The highest BCUT2D eigenvalue weighted by atomic mass is 79.9. The van der Waals surface area contributed by atoms with E-state index in [0.717, 1.165) is 4.47 Å². The van der Waals surface area contributed by atoms with Crippen LogP contribution >= 0.6 is 15.9 Å². The summed E-state index contributed by atoms with van der Waals surface area (Å²) in [6.45, 7) is 4.38. The fourth-order valence-electron chi connectivity index (χ4n) is 0.969. The van der Waals surface area contributed by atoms with Gasteiger partial charge in [-0.2, -0.15) is 0 Å². The van der Waals surface area contributed by atoms with Crippen LogP contribution in [0.25, 0.3) is 0 Å². The van der Waals surface area contributed by atoms with Crippen LogP contribution in [0.5, 0.6) is 0 Å². The van der Waals surface area contributed by atoms with Crippen molar-refractivity contribution in [2.45, 2.75) is 13.1 Å². The second kappa shape index (κ2) is 3.73. The molecule has 3 heteroatoms. The number of hydrogen-bond donors (Lipinski definition) is 0. The quantitative estimate of drug-likeness (QED) is 0.727. The van der Waals surface area contributed by atoms with E-state index >= 15 is 0 Å². The predicted molar refractivity (Wildman–Crippen MR) is 58.3 cm³/mol. The van der Waals surface area contributed by atoms with Gasteiger partial charge in [0.05, 0.1) is 0 Å². The van der Waals surface area contributed by atoms with Crippen molar-refractivity contribution in [3.63, 3.8) is 0 Å². The van der Waals surface area contributed by atoms with Gasteiger partial charge in [-0.25, -0.2) is 0 Å². The molecule has 0 saturated carbocycles. The van der Waals surface area contributed by atoms with Crippen molar-refractivity contribution >= 4 is 29.4 Å². The van der Waals surface area contributed by atoms with Gasteiger partial charge in [0.2, 0.25) is 8.32 Å². The molecule has 0 aliphatic heterocycles. The van der Waals surface area contributed by atoms with Crippen molar-refractivity contribution in [3.8, 4) is 0 Å². The fraction of sp³-hybridized carbons (Fsp3) is 0.333. The summed E-state index contributed by atoms with van der Waals surface area (Å²) >= 11 is 3.41.